The van der Waals surface area contributed by atoms with Crippen LogP contribution in [0.2, 0.25) is 0 Å². The van der Waals surface area contributed by atoms with E-state index in [-0.39, 0.29) is 5.91 Å². The van der Waals surface area contributed by atoms with E-state index in [0.717, 1.165) is 43.6 Å². The van der Waals surface area contributed by atoms with Gasteiger partial charge in [-0.3, -0.25) is 9.89 Å². The van der Waals surface area contributed by atoms with Crippen molar-refractivity contribution in [3.05, 3.63) is 35.0 Å². The summed E-state index contributed by atoms with van der Waals surface area (Å²) in [7, 11) is 0. The molecule has 1 amide bonds. The first kappa shape index (κ1) is 16.4. The number of rotatable bonds is 3. The van der Waals surface area contributed by atoms with Crippen molar-refractivity contribution in [2.24, 2.45) is 0 Å². The van der Waals surface area contributed by atoms with Crippen LogP contribution in [0.1, 0.15) is 84.3 Å². The molecule has 25 heavy (non-hydrogen) atoms. The van der Waals surface area contributed by atoms with Crippen molar-refractivity contribution in [1.82, 2.24) is 20.3 Å². The van der Waals surface area contributed by atoms with E-state index in [1.165, 1.54) is 24.8 Å². The van der Waals surface area contributed by atoms with Gasteiger partial charge in [0.1, 0.15) is 0 Å². The molecular formula is C19H26N4O2. The molecule has 6 nitrogen and oxygen atoms in total. The van der Waals surface area contributed by atoms with E-state index in [1.807, 2.05) is 17.2 Å². The zero-order valence-corrected chi connectivity index (χ0v) is 14.8. The van der Waals surface area contributed by atoms with Crippen LogP contribution in [0.25, 0.3) is 0 Å². The van der Waals surface area contributed by atoms with Gasteiger partial charge in [-0.2, -0.15) is 5.10 Å². The predicted octanol–water partition coefficient (Wildman–Crippen LogP) is 3.77. The Hall–Kier alpha value is -2.11. The first-order valence-corrected chi connectivity index (χ1v) is 9.48. The predicted molar refractivity (Wildman–Crippen MR) is 93.5 cm³/mol. The summed E-state index contributed by atoms with van der Waals surface area (Å²) in [4.78, 5) is 14.8. The van der Waals surface area contributed by atoms with Crippen LogP contribution in [0.5, 0.6) is 0 Å². The van der Waals surface area contributed by atoms with E-state index in [0.29, 0.717) is 24.1 Å². The number of hydrogen-bond donors (Lipinski definition) is 1. The summed E-state index contributed by atoms with van der Waals surface area (Å²) in [5.74, 6) is 1.14. The second kappa shape index (κ2) is 7.02. The van der Waals surface area contributed by atoms with E-state index in [1.54, 1.807) is 0 Å². The van der Waals surface area contributed by atoms with Gasteiger partial charge in [0.2, 0.25) is 5.76 Å². The molecule has 0 bridgehead atoms. The highest BCUT2D eigenvalue weighted by Gasteiger charge is 2.30. The molecule has 1 unspecified atom stereocenters. The first-order valence-electron chi connectivity index (χ1n) is 9.48. The maximum atomic E-state index is 12.9. The Labute approximate surface area is 148 Å². The maximum Gasteiger partial charge on any atom is 0.292 e. The van der Waals surface area contributed by atoms with Crippen molar-refractivity contribution >= 4 is 5.91 Å². The number of aryl methyl sites for hydroxylation is 1. The molecule has 0 aromatic carbocycles. The van der Waals surface area contributed by atoms with Gasteiger partial charge in [-0.05, 0) is 38.2 Å². The molecular weight excluding hydrogens is 316 g/mol. The van der Waals surface area contributed by atoms with Gasteiger partial charge in [0.05, 0.1) is 11.9 Å². The van der Waals surface area contributed by atoms with E-state index in [4.69, 9.17) is 4.52 Å². The maximum absolute atomic E-state index is 12.9. The second-order valence-corrected chi connectivity index (χ2v) is 7.51. The normalized spacial score (nSPS) is 22.3. The summed E-state index contributed by atoms with van der Waals surface area (Å²) in [6.45, 7) is 3.55. The van der Waals surface area contributed by atoms with Crippen molar-refractivity contribution in [1.29, 1.82) is 0 Å². The molecule has 2 aromatic heterocycles. The molecule has 2 aromatic rings. The zero-order chi connectivity index (χ0) is 17.2. The Morgan fingerprint density at radius 3 is 2.76 bits per heavy atom. The number of H-pyrrole nitrogens is 1. The number of aromatic nitrogens is 3. The van der Waals surface area contributed by atoms with Crippen LogP contribution in [0.3, 0.4) is 0 Å². The summed E-state index contributed by atoms with van der Waals surface area (Å²) in [6.07, 6.45) is 10.0. The van der Waals surface area contributed by atoms with Gasteiger partial charge in [0.15, 0.2) is 0 Å². The van der Waals surface area contributed by atoms with E-state index in [2.05, 4.69) is 22.3 Å². The number of aromatic amines is 1. The molecule has 1 saturated carbocycles. The van der Waals surface area contributed by atoms with Gasteiger partial charge >= 0.3 is 0 Å². The highest BCUT2D eigenvalue weighted by atomic mass is 16.5. The molecule has 1 aliphatic heterocycles. The van der Waals surface area contributed by atoms with Crippen LogP contribution in [-0.2, 0) is 0 Å². The van der Waals surface area contributed by atoms with E-state index < -0.39 is 0 Å². The third-order valence-corrected chi connectivity index (χ3v) is 5.75. The largest absolute Gasteiger partial charge is 0.351 e. The SMILES string of the molecule is Cc1cn[nH]c1C1CCCN(C(=O)c2cc(C3CCCCC3)no2)C1. The number of piperidine rings is 1. The van der Waals surface area contributed by atoms with Crippen molar-refractivity contribution in [2.45, 2.75) is 63.7 Å². The molecule has 1 atom stereocenters. The topological polar surface area (TPSA) is 75.0 Å². The first-order chi connectivity index (χ1) is 12.2. The van der Waals surface area contributed by atoms with E-state index in [9.17, 15) is 4.79 Å². The molecule has 1 N–H and O–H groups in total. The van der Waals surface area contributed by atoms with Gasteiger partial charge in [-0.25, -0.2) is 0 Å². The highest BCUT2D eigenvalue weighted by molar-refractivity contribution is 5.91. The molecule has 2 aliphatic rings. The van der Waals surface area contributed by atoms with Gasteiger partial charge in [0, 0.05) is 36.7 Å². The second-order valence-electron chi connectivity index (χ2n) is 7.51. The smallest absolute Gasteiger partial charge is 0.292 e. The van der Waals surface area contributed by atoms with Gasteiger partial charge in [-0.1, -0.05) is 24.4 Å². The summed E-state index contributed by atoms with van der Waals surface area (Å²) in [6, 6.07) is 1.88. The highest BCUT2D eigenvalue weighted by Crippen LogP contribution is 2.33. The molecule has 134 valence electrons. The Morgan fingerprint density at radius 1 is 1.20 bits per heavy atom. The summed E-state index contributed by atoms with van der Waals surface area (Å²) >= 11 is 0. The number of amides is 1. The lowest BCUT2D eigenvalue weighted by Gasteiger charge is -2.31. The number of nitrogens with one attached hydrogen (secondary N) is 1. The Morgan fingerprint density at radius 2 is 2.00 bits per heavy atom. The standard InChI is InChI=1S/C19H26N4O2/c1-13-11-20-21-18(13)15-8-5-9-23(12-15)19(24)17-10-16(22-25-17)14-6-3-2-4-7-14/h10-11,14-15H,2-9,12H2,1H3,(H,20,21). The summed E-state index contributed by atoms with van der Waals surface area (Å²) in [5.41, 5.74) is 3.28. The van der Waals surface area contributed by atoms with Crippen LogP contribution in [0.4, 0.5) is 0 Å². The molecule has 6 heteroatoms. The van der Waals surface area contributed by atoms with Crippen molar-refractivity contribution in [3.63, 3.8) is 0 Å². The number of likely N-dealkylation sites (tertiary alicyclic amines) is 1. The van der Waals surface area contributed by atoms with Crippen LogP contribution >= 0.6 is 0 Å². The van der Waals surface area contributed by atoms with E-state index >= 15 is 0 Å². The molecule has 3 heterocycles. The van der Waals surface area contributed by atoms with Crippen molar-refractivity contribution in [2.75, 3.05) is 13.1 Å². The molecule has 0 spiro atoms. The number of nitrogens with zero attached hydrogens (tertiary/aromatic N) is 3. The molecule has 2 fully saturated rings. The van der Waals surface area contributed by atoms with Crippen LogP contribution in [0.15, 0.2) is 16.8 Å². The van der Waals surface area contributed by atoms with Gasteiger partial charge in [0.25, 0.3) is 5.91 Å². The molecule has 1 saturated heterocycles. The Bertz CT molecular complexity index is 729. The van der Waals surface area contributed by atoms with Crippen LogP contribution in [0, 0.1) is 6.92 Å². The van der Waals surface area contributed by atoms with Crippen molar-refractivity contribution in [3.8, 4) is 0 Å². The third-order valence-electron chi connectivity index (χ3n) is 5.75. The summed E-state index contributed by atoms with van der Waals surface area (Å²) in [5, 5.41) is 11.4. The zero-order valence-electron chi connectivity index (χ0n) is 14.8. The molecule has 4 rings (SSSR count). The van der Waals surface area contributed by atoms with Crippen LogP contribution < -0.4 is 0 Å². The monoisotopic (exact) mass is 342 g/mol. The fourth-order valence-corrected chi connectivity index (χ4v) is 4.30. The lowest BCUT2D eigenvalue weighted by molar-refractivity contribution is 0.0663. The number of hydrogen-bond acceptors (Lipinski definition) is 4. The lowest BCUT2D eigenvalue weighted by Crippen LogP contribution is -2.39. The number of carbonyl (C=O) groups excluding carboxylic acids is 1. The minimum Gasteiger partial charge on any atom is -0.351 e. The van der Waals surface area contributed by atoms with Crippen molar-refractivity contribution < 1.29 is 9.32 Å². The van der Waals surface area contributed by atoms with Crippen LogP contribution in [-0.4, -0.2) is 39.3 Å². The number of carbonyl (C=O) groups is 1. The Kier molecular flexibility index (Phi) is 4.59. The third kappa shape index (κ3) is 3.34. The minimum absolute atomic E-state index is 0.0311. The quantitative estimate of drug-likeness (QED) is 0.921. The molecule has 0 radical (unpaired) electrons. The molecule has 1 aliphatic carbocycles. The average Bonchev–Trinajstić information content (AvgIpc) is 3.31. The average molecular weight is 342 g/mol. The van der Waals surface area contributed by atoms with Gasteiger partial charge < -0.3 is 9.42 Å². The van der Waals surface area contributed by atoms with Gasteiger partial charge in [-0.15, -0.1) is 0 Å². The minimum atomic E-state index is -0.0311. The lowest BCUT2D eigenvalue weighted by atomic mass is 9.87. The summed E-state index contributed by atoms with van der Waals surface area (Å²) < 4.78 is 5.42. The Balaban J connectivity index is 1.45. The fourth-order valence-electron chi connectivity index (χ4n) is 4.30. The fraction of sp³-hybridized carbons (Fsp3) is 0.632.